The smallest absolute Gasteiger partial charge is 0.307 e. The Morgan fingerprint density at radius 1 is 1.00 bits per heavy atom. The van der Waals surface area contributed by atoms with Crippen molar-refractivity contribution >= 4 is 28.6 Å². The molecular formula is C16H11ClN2O2. The van der Waals surface area contributed by atoms with E-state index in [-0.39, 0.29) is 6.42 Å². The summed E-state index contributed by atoms with van der Waals surface area (Å²) in [6.07, 6.45) is -0.00257. The van der Waals surface area contributed by atoms with Crippen molar-refractivity contribution in [1.82, 2.24) is 9.97 Å². The van der Waals surface area contributed by atoms with Crippen molar-refractivity contribution in [3.05, 3.63) is 59.2 Å². The van der Waals surface area contributed by atoms with E-state index in [1.165, 1.54) is 0 Å². The number of rotatable bonds is 3. The minimum Gasteiger partial charge on any atom is -0.481 e. The largest absolute Gasteiger partial charge is 0.481 e. The third kappa shape index (κ3) is 2.85. The number of fused-ring (bicyclic) bond motifs is 1. The van der Waals surface area contributed by atoms with Crippen LogP contribution in [0.2, 0.25) is 5.15 Å². The zero-order valence-corrected chi connectivity index (χ0v) is 11.7. The molecule has 21 heavy (non-hydrogen) atoms. The molecule has 2 aromatic carbocycles. The van der Waals surface area contributed by atoms with Crippen LogP contribution >= 0.6 is 11.6 Å². The van der Waals surface area contributed by atoms with Crippen LogP contribution in [0.25, 0.3) is 22.3 Å². The molecule has 4 nitrogen and oxygen atoms in total. The Hall–Kier alpha value is -2.46. The maximum absolute atomic E-state index is 10.7. The predicted molar refractivity (Wildman–Crippen MR) is 81.3 cm³/mol. The van der Waals surface area contributed by atoms with Gasteiger partial charge in [-0.2, -0.15) is 0 Å². The van der Waals surface area contributed by atoms with Crippen molar-refractivity contribution < 1.29 is 9.90 Å². The fourth-order valence-corrected chi connectivity index (χ4v) is 2.36. The third-order valence-electron chi connectivity index (χ3n) is 3.11. The van der Waals surface area contributed by atoms with Crippen molar-refractivity contribution in [2.75, 3.05) is 0 Å². The molecule has 0 bridgehead atoms. The summed E-state index contributed by atoms with van der Waals surface area (Å²) in [5.74, 6) is -0.855. The first-order valence-electron chi connectivity index (χ1n) is 6.37. The Balaban J connectivity index is 2.03. The zero-order valence-electron chi connectivity index (χ0n) is 11.0. The highest BCUT2D eigenvalue weighted by Crippen LogP contribution is 2.26. The number of aromatic nitrogens is 2. The number of carboxylic acids is 1. The SMILES string of the molecule is O=C(O)Cc1ccc(-c2nc3ccccc3nc2Cl)cc1. The summed E-state index contributed by atoms with van der Waals surface area (Å²) in [5, 5.41) is 9.11. The average Bonchev–Trinajstić information content (AvgIpc) is 2.47. The maximum atomic E-state index is 10.7. The molecule has 1 N–H and O–H groups in total. The number of hydrogen-bond acceptors (Lipinski definition) is 3. The Kier molecular flexibility index (Phi) is 3.54. The summed E-state index contributed by atoms with van der Waals surface area (Å²) in [6, 6.07) is 14.6. The number of aliphatic carboxylic acids is 1. The van der Waals surface area contributed by atoms with E-state index in [2.05, 4.69) is 9.97 Å². The summed E-state index contributed by atoms with van der Waals surface area (Å²) >= 11 is 6.19. The minimum absolute atomic E-state index is 0.00257. The van der Waals surface area contributed by atoms with Crippen LogP contribution < -0.4 is 0 Å². The molecule has 5 heteroatoms. The number of para-hydroxylation sites is 2. The summed E-state index contributed by atoms with van der Waals surface area (Å²) in [4.78, 5) is 19.5. The fraction of sp³-hybridized carbons (Fsp3) is 0.0625. The molecule has 0 saturated carbocycles. The van der Waals surface area contributed by atoms with Gasteiger partial charge in [0.05, 0.1) is 17.5 Å². The molecule has 0 aliphatic rings. The maximum Gasteiger partial charge on any atom is 0.307 e. The summed E-state index contributed by atoms with van der Waals surface area (Å²) in [7, 11) is 0. The van der Waals surface area contributed by atoms with Gasteiger partial charge >= 0.3 is 5.97 Å². The molecule has 0 spiro atoms. The molecule has 0 saturated heterocycles. The van der Waals surface area contributed by atoms with E-state index in [0.29, 0.717) is 10.8 Å². The topological polar surface area (TPSA) is 63.1 Å². The van der Waals surface area contributed by atoms with E-state index in [9.17, 15) is 4.79 Å². The number of benzene rings is 2. The van der Waals surface area contributed by atoms with Gasteiger partial charge in [-0.25, -0.2) is 9.97 Å². The van der Waals surface area contributed by atoms with Crippen LogP contribution in [0, 0.1) is 0 Å². The second-order valence-corrected chi connectivity index (χ2v) is 4.98. The second kappa shape index (κ2) is 5.50. The number of carbonyl (C=O) groups is 1. The zero-order chi connectivity index (χ0) is 14.8. The lowest BCUT2D eigenvalue weighted by atomic mass is 10.1. The molecule has 0 amide bonds. The van der Waals surface area contributed by atoms with Crippen LogP contribution in [-0.4, -0.2) is 21.0 Å². The van der Waals surface area contributed by atoms with Gasteiger partial charge in [0.1, 0.15) is 5.69 Å². The summed E-state index contributed by atoms with van der Waals surface area (Å²) < 4.78 is 0. The molecule has 0 aliphatic carbocycles. The predicted octanol–water partition coefficient (Wildman–Crippen LogP) is 3.58. The number of nitrogens with zero attached hydrogens (tertiary/aromatic N) is 2. The van der Waals surface area contributed by atoms with Crippen molar-refractivity contribution in [3.63, 3.8) is 0 Å². The van der Waals surface area contributed by atoms with Crippen molar-refractivity contribution in [3.8, 4) is 11.3 Å². The molecule has 3 aromatic rings. The lowest BCUT2D eigenvalue weighted by Crippen LogP contribution is -1.99. The van der Waals surface area contributed by atoms with Gasteiger partial charge < -0.3 is 5.11 Å². The Bertz CT molecular complexity index is 816. The van der Waals surface area contributed by atoms with Crippen LogP contribution in [0.3, 0.4) is 0 Å². The van der Waals surface area contributed by atoms with Crippen molar-refractivity contribution in [1.29, 1.82) is 0 Å². The lowest BCUT2D eigenvalue weighted by molar-refractivity contribution is -0.136. The molecular weight excluding hydrogens is 288 g/mol. The average molecular weight is 299 g/mol. The van der Waals surface area contributed by atoms with Crippen LogP contribution in [0.1, 0.15) is 5.56 Å². The van der Waals surface area contributed by atoms with Crippen LogP contribution in [0.4, 0.5) is 0 Å². The standard InChI is InChI=1S/C16H11ClN2O2/c17-16-15(18-12-3-1-2-4-13(12)19-16)11-7-5-10(6-8-11)9-14(20)21/h1-8H,9H2,(H,20,21). The normalized spacial score (nSPS) is 10.7. The monoisotopic (exact) mass is 298 g/mol. The lowest BCUT2D eigenvalue weighted by Gasteiger charge is -2.06. The number of carboxylic acid groups (broad SMARTS) is 1. The van der Waals surface area contributed by atoms with Crippen LogP contribution in [0.5, 0.6) is 0 Å². The van der Waals surface area contributed by atoms with Crippen LogP contribution in [-0.2, 0) is 11.2 Å². The van der Waals surface area contributed by atoms with Gasteiger partial charge in [-0.3, -0.25) is 4.79 Å². The number of hydrogen-bond donors (Lipinski definition) is 1. The Morgan fingerprint density at radius 3 is 2.24 bits per heavy atom. The molecule has 1 aromatic heterocycles. The molecule has 0 fully saturated rings. The molecule has 0 radical (unpaired) electrons. The highest BCUT2D eigenvalue weighted by molar-refractivity contribution is 6.32. The van der Waals surface area contributed by atoms with E-state index in [4.69, 9.17) is 16.7 Å². The second-order valence-electron chi connectivity index (χ2n) is 4.62. The number of halogens is 1. The third-order valence-corrected chi connectivity index (χ3v) is 3.37. The van der Waals surface area contributed by atoms with Gasteiger partial charge in [0.25, 0.3) is 0 Å². The van der Waals surface area contributed by atoms with Gasteiger partial charge in [0.2, 0.25) is 0 Å². The fourth-order valence-electron chi connectivity index (χ4n) is 2.12. The van der Waals surface area contributed by atoms with Gasteiger partial charge in [0, 0.05) is 5.56 Å². The molecule has 1 heterocycles. The van der Waals surface area contributed by atoms with Crippen molar-refractivity contribution in [2.24, 2.45) is 0 Å². The summed E-state index contributed by atoms with van der Waals surface area (Å²) in [6.45, 7) is 0. The van der Waals surface area contributed by atoms with Crippen molar-refractivity contribution in [2.45, 2.75) is 6.42 Å². The van der Waals surface area contributed by atoms with Gasteiger partial charge in [0.15, 0.2) is 5.15 Å². The first-order chi connectivity index (χ1) is 10.1. The Morgan fingerprint density at radius 2 is 1.62 bits per heavy atom. The molecule has 104 valence electrons. The minimum atomic E-state index is -0.855. The Labute approximate surface area is 126 Å². The van der Waals surface area contributed by atoms with Gasteiger partial charge in [-0.1, -0.05) is 48.0 Å². The molecule has 3 rings (SSSR count). The van der Waals surface area contributed by atoms with E-state index in [0.717, 1.165) is 22.2 Å². The van der Waals surface area contributed by atoms with E-state index >= 15 is 0 Å². The highest BCUT2D eigenvalue weighted by atomic mass is 35.5. The molecule has 0 atom stereocenters. The van der Waals surface area contributed by atoms with Gasteiger partial charge in [-0.15, -0.1) is 0 Å². The summed E-state index contributed by atoms with van der Waals surface area (Å²) in [5.41, 5.74) is 3.65. The first-order valence-corrected chi connectivity index (χ1v) is 6.74. The highest BCUT2D eigenvalue weighted by Gasteiger charge is 2.09. The molecule has 0 aliphatic heterocycles. The van der Waals surface area contributed by atoms with E-state index in [1.54, 1.807) is 12.1 Å². The van der Waals surface area contributed by atoms with Gasteiger partial charge in [-0.05, 0) is 17.7 Å². The van der Waals surface area contributed by atoms with E-state index < -0.39 is 5.97 Å². The van der Waals surface area contributed by atoms with Crippen LogP contribution in [0.15, 0.2) is 48.5 Å². The molecule has 0 unspecified atom stereocenters. The quantitative estimate of drug-likeness (QED) is 0.803. The van der Waals surface area contributed by atoms with E-state index in [1.807, 2.05) is 36.4 Å². The first kappa shape index (κ1) is 13.5.